The Morgan fingerprint density at radius 1 is 0.607 bits per heavy atom. The standard InChI is InChI=1S/C27H38N2O4.C22H26N2O4S.C21H26N2O7.C17H18N2O6/c1-20(2)27(19-28,22-10-12-24(31-5)26(18-22)33-7)14-8-15-29(3)16-13-21-9-11-23(30-4)25(17-21)32-6;1-15(25)28-20-21(16-9-11-17(27-4)12-10-16)29-19-8-6-5-7-18(19)24(22(20)26)14-13-23(2)3;1-12(2)30-21(25)18-14(4)22-13(3)17(20(24)29-10-9-28-5)19(18)15-7-6-8-16(11-15)23(26)27;1-9-13(16(20)24-3)15(14(10(2)18-9)17(21)25-4)11-7-5-6-8-12(11)19(22)23/h9-12,17-18,20H,8,13-16H2,1-7H3;5-12,20-21H,13-14H2,1-4H3;6-8,11-12,19,22H,9-10H2,1-5H3;5-8,15,18H,1-4H3/t;20-,21+;;/m.1../s1. The van der Waals surface area contributed by atoms with Gasteiger partial charge in [-0.25, -0.2) is 19.2 Å². The molecule has 3 heterocycles. The second-order valence-corrected chi connectivity index (χ2v) is 29.4. The highest BCUT2D eigenvalue weighted by Crippen LogP contribution is 2.49. The van der Waals surface area contributed by atoms with Gasteiger partial charge in [-0.2, -0.15) is 5.26 Å². The molecule has 4 atom stereocenters. The van der Waals surface area contributed by atoms with Crippen molar-refractivity contribution in [1.29, 1.82) is 5.26 Å². The van der Waals surface area contributed by atoms with Gasteiger partial charge < -0.3 is 77.4 Å². The number of methoxy groups -OCH3 is 8. The lowest BCUT2D eigenvalue weighted by atomic mass is 9.69. The number of ether oxygens (including phenoxy) is 11. The van der Waals surface area contributed by atoms with E-state index in [2.05, 4.69) is 48.6 Å². The summed E-state index contributed by atoms with van der Waals surface area (Å²) >= 11 is 1.54. The SMILES string of the molecule is COC(=O)C1=C(C)NC(C)=C(C(=O)OC)C1c1ccccc1[N+](=O)[O-].COCCOC(=O)C1=C(C)NC(C)=C(C(=O)OC(C)C)C1c1cccc([N+](=O)[O-])c1.COc1ccc(CCN(C)CCCC(C#N)(c2ccc(OC)c(OC)c2)C(C)C)cc1OC.COc1ccc([C@@H]2Sc3ccccc3N(CCN(C)C)C(=O)[C@@H]2OC(C)=O)cc1. The van der Waals surface area contributed by atoms with Crippen molar-refractivity contribution in [3.8, 4) is 34.8 Å². The minimum atomic E-state index is -0.970. The Bertz CT molecular complexity index is 4650. The molecule has 0 aliphatic carbocycles. The summed E-state index contributed by atoms with van der Waals surface area (Å²) in [6.45, 7) is 18.9. The molecule has 3 aliphatic heterocycles. The third-order valence-corrected chi connectivity index (χ3v) is 21.0. The Morgan fingerprint density at radius 2 is 1.17 bits per heavy atom. The van der Waals surface area contributed by atoms with Gasteiger partial charge in [0.25, 0.3) is 17.3 Å². The average Bonchev–Trinajstić information content (AvgIpc) is 1.38. The van der Waals surface area contributed by atoms with Crippen molar-refractivity contribution in [1.82, 2.24) is 20.4 Å². The maximum Gasteiger partial charge on any atom is 0.337 e. The van der Waals surface area contributed by atoms with E-state index in [0.717, 1.165) is 71.3 Å². The molecule has 0 aromatic heterocycles. The lowest BCUT2D eigenvalue weighted by molar-refractivity contribution is -0.385. The molecule has 9 rings (SSSR count). The molecule has 2 unspecified atom stereocenters. The Balaban J connectivity index is 0.000000243. The van der Waals surface area contributed by atoms with E-state index in [9.17, 15) is 54.3 Å². The maximum absolute atomic E-state index is 13.6. The maximum atomic E-state index is 13.6. The van der Waals surface area contributed by atoms with E-state index < -0.39 is 63.0 Å². The molecule has 2 N–H and O–H groups in total. The number of carbonyl (C=O) groups excluding carboxylic acids is 6. The Morgan fingerprint density at radius 3 is 1.70 bits per heavy atom. The van der Waals surface area contributed by atoms with Crippen molar-refractivity contribution in [2.45, 2.75) is 121 Å². The number of nitrogens with zero attached hydrogens (tertiary/aromatic N) is 6. The van der Waals surface area contributed by atoms with Crippen LogP contribution in [0.2, 0.25) is 0 Å². The molecule has 117 heavy (non-hydrogen) atoms. The van der Waals surface area contributed by atoms with Crippen LogP contribution in [0.3, 0.4) is 0 Å². The Hall–Kier alpha value is -11.8. The number of allylic oxidation sites excluding steroid dienone is 4. The summed E-state index contributed by atoms with van der Waals surface area (Å²) in [7, 11) is 18.1. The molecule has 0 saturated heterocycles. The largest absolute Gasteiger partial charge is 0.497 e. The first-order valence-electron chi connectivity index (χ1n) is 37.7. The Kier molecular flexibility index (Phi) is 36.1. The van der Waals surface area contributed by atoms with Crippen LogP contribution in [0.5, 0.6) is 28.7 Å². The molecule has 30 heteroatoms. The molecule has 0 fully saturated rings. The fourth-order valence-corrected chi connectivity index (χ4v) is 15.0. The van der Waals surface area contributed by atoms with Gasteiger partial charge in [-0.05, 0) is 165 Å². The van der Waals surface area contributed by atoms with Crippen LogP contribution in [0.4, 0.5) is 17.1 Å². The molecule has 6 aromatic rings. The number of hydrogen-bond donors (Lipinski definition) is 2. The van der Waals surface area contributed by atoms with Gasteiger partial charge in [0, 0.05) is 85.1 Å². The molecule has 1 amide bonds. The summed E-state index contributed by atoms with van der Waals surface area (Å²) < 4.78 is 57.7. The predicted molar refractivity (Wildman–Crippen MR) is 443 cm³/mol. The van der Waals surface area contributed by atoms with Crippen molar-refractivity contribution >= 4 is 64.6 Å². The molecule has 0 radical (unpaired) electrons. The monoisotopic (exact) mass is 1630 g/mol. The highest BCUT2D eigenvalue weighted by Gasteiger charge is 2.44. The zero-order valence-corrected chi connectivity index (χ0v) is 71.0. The number of fused-ring (bicyclic) bond motifs is 1. The van der Waals surface area contributed by atoms with Gasteiger partial charge in [0.15, 0.2) is 29.1 Å². The molecule has 6 aromatic carbocycles. The number of benzene rings is 6. The minimum Gasteiger partial charge on any atom is -0.497 e. The van der Waals surface area contributed by atoms with Crippen LogP contribution < -0.4 is 39.2 Å². The number of nitrogens with one attached hydrogen (secondary N) is 2. The van der Waals surface area contributed by atoms with Gasteiger partial charge in [0.2, 0.25) is 0 Å². The van der Waals surface area contributed by atoms with Crippen LogP contribution in [0.1, 0.15) is 120 Å². The highest BCUT2D eigenvalue weighted by molar-refractivity contribution is 7.99. The van der Waals surface area contributed by atoms with Gasteiger partial charge in [0.1, 0.15) is 12.4 Å². The lowest BCUT2D eigenvalue weighted by Crippen LogP contribution is -2.45. The summed E-state index contributed by atoms with van der Waals surface area (Å²) in [6, 6.07) is 41.7. The molecule has 0 spiro atoms. The molecule has 628 valence electrons. The third kappa shape index (κ3) is 24.4. The average molecular weight is 1630 g/mol. The van der Waals surface area contributed by atoms with Gasteiger partial charge in [-0.15, -0.1) is 11.8 Å². The number of nitro groups is 2. The van der Waals surface area contributed by atoms with E-state index in [4.69, 9.17) is 52.1 Å². The number of carbonyl (C=O) groups is 6. The topological polar surface area (TPSA) is 348 Å². The smallest absolute Gasteiger partial charge is 0.337 e. The van der Waals surface area contributed by atoms with Crippen molar-refractivity contribution in [2.24, 2.45) is 5.92 Å². The number of para-hydroxylation sites is 2. The van der Waals surface area contributed by atoms with Crippen molar-refractivity contribution in [2.75, 3.05) is 122 Å². The normalized spacial score (nSPS) is 15.7. The number of nitriles is 1. The Labute approximate surface area is 688 Å². The van der Waals surface area contributed by atoms with Gasteiger partial charge >= 0.3 is 29.8 Å². The fourth-order valence-electron chi connectivity index (χ4n) is 13.7. The van der Waals surface area contributed by atoms with E-state index in [1.54, 1.807) is 106 Å². The molecule has 0 bridgehead atoms. The zero-order chi connectivity index (χ0) is 86.5. The number of esters is 5. The number of non-ortho nitro benzene ring substituents is 1. The van der Waals surface area contributed by atoms with Gasteiger partial charge in [-0.3, -0.25) is 29.8 Å². The number of anilines is 1. The van der Waals surface area contributed by atoms with Crippen LogP contribution >= 0.6 is 11.8 Å². The quantitative estimate of drug-likeness (QED) is 0.0134. The zero-order valence-electron chi connectivity index (χ0n) is 70.2. The number of hydrogen-bond acceptors (Lipinski definition) is 27. The highest BCUT2D eigenvalue weighted by atomic mass is 32.2. The van der Waals surface area contributed by atoms with Crippen LogP contribution in [0, 0.1) is 37.5 Å². The number of thioether (sulfide) groups is 1. The van der Waals surface area contributed by atoms with Crippen LogP contribution in [0.25, 0.3) is 0 Å². The first-order chi connectivity index (χ1) is 55.7. The van der Waals surface area contributed by atoms with Crippen molar-refractivity contribution < 1.29 is 90.7 Å². The van der Waals surface area contributed by atoms with Crippen LogP contribution in [0.15, 0.2) is 183 Å². The second kappa shape index (κ2) is 44.9. The van der Waals surface area contributed by atoms with Crippen LogP contribution in [-0.4, -0.2) is 185 Å². The van der Waals surface area contributed by atoms with E-state index in [-0.39, 0.29) is 75.6 Å². The van der Waals surface area contributed by atoms with Crippen molar-refractivity contribution in [3.63, 3.8) is 0 Å². The molecule has 3 aliphatic rings. The second-order valence-electron chi connectivity index (χ2n) is 28.3. The minimum absolute atomic E-state index is 0.0300. The molecular weight excluding hydrogens is 1530 g/mol. The van der Waals surface area contributed by atoms with Gasteiger partial charge in [0.05, 0.1) is 129 Å². The summed E-state index contributed by atoms with van der Waals surface area (Å²) in [5, 5.41) is 38.6. The third-order valence-electron chi connectivity index (χ3n) is 19.6. The first-order valence-corrected chi connectivity index (χ1v) is 38.6. The number of likely N-dealkylation sites (N-methyl/N-ethyl adjacent to an activating group) is 2. The lowest BCUT2D eigenvalue weighted by Gasteiger charge is -2.32. The number of dihydropyridines is 2. The van der Waals surface area contributed by atoms with Gasteiger partial charge in [-0.1, -0.05) is 80.6 Å². The molecule has 0 saturated carbocycles. The first kappa shape index (κ1) is 94.1. The number of nitro benzene ring substituents is 2. The van der Waals surface area contributed by atoms with E-state index in [1.165, 1.54) is 70.2 Å². The summed E-state index contributed by atoms with van der Waals surface area (Å²) in [5.74, 6) is -1.42. The molecule has 29 nitrogen and oxygen atoms in total. The van der Waals surface area contributed by atoms with Crippen molar-refractivity contribution in [3.05, 3.63) is 227 Å². The van der Waals surface area contributed by atoms with Crippen LogP contribution in [-0.2, 0) is 69.0 Å². The predicted octanol–water partition coefficient (Wildman–Crippen LogP) is 13.6. The summed E-state index contributed by atoms with van der Waals surface area (Å²) in [5.41, 5.74) is 6.20. The number of amides is 1. The number of rotatable bonds is 31. The molecular formula is C87H108N8O21S. The fraction of sp³-hybridized carbons (Fsp3) is 0.414. The van der Waals surface area contributed by atoms with E-state index in [1.807, 2.05) is 97.9 Å². The summed E-state index contributed by atoms with van der Waals surface area (Å²) in [6.07, 6.45) is 1.31. The van der Waals surface area contributed by atoms with E-state index in [0.29, 0.717) is 52.9 Å². The van der Waals surface area contributed by atoms with E-state index >= 15 is 0 Å². The summed E-state index contributed by atoms with van der Waals surface area (Å²) in [4.78, 5) is 105.